The van der Waals surface area contributed by atoms with Gasteiger partial charge in [0.25, 0.3) is 0 Å². The Morgan fingerprint density at radius 2 is 1.79 bits per heavy atom. The van der Waals surface area contributed by atoms with Crippen LogP contribution in [0.15, 0.2) is 30.3 Å². The van der Waals surface area contributed by atoms with Crippen molar-refractivity contribution in [3.63, 3.8) is 0 Å². The monoisotopic (exact) mass is 191 g/mol. The predicted molar refractivity (Wildman–Crippen MR) is 55.5 cm³/mol. The van der Waals surface area contributed by atoms with Crippen LogP contribution in [0.3, 0.4) is 0 Å². The molecule has 1 radical (unpaired) electrons. The van der Waals surface area contributed by atoms with Crippen molar-refractivity contribution in [3.05, 3.63) is 35.9 Å². The Balaban J connectivity index is 3.03. The third-order valence-corrected chi connectivity index (χ3v) is 2.68. The number of hydrogen-bond donors (Lipinski definition) is 0. The highest BCUT2D eigenvalue weighted by molar-refractivity contribution is 5.41. The molecule has 2 nitrogen and oxygen atoms in total. The number of benzene rings is 1. The Morgan fingerprint density at radius 1 is 1.21 bits per heavy atom. The quantitative estimate of drug-likeness (QED) is 0.715. The molecule has 0 saturated carbocycles. The van der Waals surface area contributed by atoms with Gasteiger partial charge in [-0.05, 0) is 18.4 Å². The van der Waals surface area contributed by atoms with E-state index < -0.39 is 5.60 Å². The van der Waals surface area contributed by atoms with Gasteiger partial charge in [0.1, 0.15) is 5.60 Å². The Morgan fingerprint density at radius 3 is 2.21 bits per heavy atom. The van der Waals surface area contributed by atoms with Crippen molar-refractivity contribution in [1.29, 1.82) is 0 Å². The van der Waals surface area contributed by atoms with Gasteiger partial charge in [-0.15, -0.1) is 0 Å². The largest absolute Gasteiger partial charge is 0.446 e. The van der Waals surface area contributed by atoms with Gasteiger partial charge < -0.3 is 4.74 Å². The zero-order valence-corrected chi connectivity index (χ0v) is 8.62. The summed E-state index contributed by atoms with van der Waals surface area (Å²) in [5, 5.41) is 0. The number of hydrogen-bond acceptors (Lipinski definition) is 2. The fraction of sp³-hybridized carbons (Fsp3) is 0.417. The molecule has 14 heavy (non-hydrogen) atoms. The van der Waals surface area contributed by atoms with Gasteiger partial charge in [0, 0.05) is 0 Å². The van der Waals surface area contributed by atoms with Crippen LogP contribution in [0.4, 0.5) is 0 Å². The molecule has 75 valence electrons. The van der Waals surface area contributed by atoms with Gasteiger partial charge in [-0.1, -0.05) is 44.2 Å². The van der Waals surface area contributed by atoms with Crippen LogP contribution >= 0.6 is 0 Å². The van der Waals surface area contributed by atoms with Crippen molar-refractivity contribution < 1.29 is 9.53 Å². The maximum absolute atomic E-state index is 10.4. The van der Waals surface area contributed by atoms with Gasteiger partial charge in [-0.25, -0.2) is 4.79 Å². The molecule has 0 bridgehead atoms. The molecule has 0 amide bonds. The van der Waals surface area contributed by atoms with E-state index in [1.165, 1.54) is 0 Å². The highest BCUT2D eigenvalue weighted by Crippen LogP contribution is 2.31. The Bertz CT molecular complexity index is 276. The smallest absolute Gasteiger partial charge is 0.418 e. The molecule has 1 aromatic carbocycles. The van der Waals surface area contributed by atoms with Crippen LogP contribution in [0.5, 0.6) is 0 Å². The molecule has 0 unspecified atom stereocenters. The molecule has 0 spiro atoms. The number of ether oxygens (including phenoxy) is 1. The highest BCUT2D eigenvalue weighted by Gasteiger charge is 2.30. The van der Waals surface area contributed by atoms with E-state index in [1.54, 1.807) is 6.47 Å². The molecule has 0 aromatic heterocycles. The predicted octanol–water partition coefficient (Wildman–Crippen LogP) is 2.79. The van der Waals surface area contributed by atoms with Crippen molar-refractivity contribution in [2.24, 2.45) is 0 Å². The van der Waals surface area contributed by atoms with Crippen molar-refractivity contribution in [3.8, 4) is 0 Å². The fourth-order valence-electron chi connectivity index (χ4n) is 1.68. The first-order valence-corrected chi connectivity index (χ1v) is 4.89. The summed E-state index contributed by atoms with van der Waals surface area (Å²) < 4.78 is 5.11. The van der Waals surface area contributed by atoms with Gasteiger partial charge in [0.05, 0.1) is 0 Å². The van der Waals surface area contributed by atoms with Crippen LogP contribution in [-0.2, 0) is 15.1 Å². The SMILES string of the molecule is CCC(CC)(O[C]=O)c1ccccc1. The van der Waals surface area contributed by atoms with Crippen LogP contribution in [0.2, 0.25) is 0 Å². The summed E-state index contributed by atoms with van der Waals surface area (Å²) in [6, 6.07) is 9.80. The van der Waals surface area contributed by atoms with Gasteiger partial charge in [0.15, 0.2) is 0 Å². The lowest BCUT2D eigenvalue weighted by atomic mass is 9.88. The Kier molecular flexibility index (Phi) is 3.69. The van der Waals surface area contributed by atoms with Crippen LogP contribution in [-0.4, -0.2) is 6.47 Å². The summed E-state index contributed by atoms with van der Waals surface area (Å²) >= 11 is 0. The van der Waals surface area contributed by atoms with E-state index in [0.717, 1.165) is 18.4 Å². The third-order valence-electron chi connectivity index (χ3n) is 2.68. The number of carbonyl (C=O) groups excluding carboxylic acids is 1. The first-order valence-electron chi connectivity index (χ1n) is 4.89. The molecular weight excluding hydrogens is 176 g/mol. The van der Waals surface area contributed by atoms with E-state index in [2.05, 4.69) is 0 Å². The molecule has 0 aliphatic heterocycles. The minimum atomic E-state index is -0.497. The van der Waals surface area contributed by atoms with Gasteiger partial charge in [-0.3, -0.25) is 0 Å². The van der Waals surface area contributed by atoms with Crippen LogP contribution in [0.25, 0.3) is 0 Å². The van der Waals surface area contributed by atoms with Crippen molar-refractivity contribution in [2.45, 2.75) is 32.3 Å². The zero-order chi connectivity index (χ0) is 10.4. The average molecular weight is 191 g/mol. The van der Waals surface area contributed by atoms with E-state index in [4.69, 9.17) is 4.74 Å². The highest BCUT2D eigenvalue weighted by atomic mass is 16.5. The topological polar surface area (TPSA) is 26.3 Å². The van der Waals surface area contributed by atoms with E-state index in [9.17, 15) is 4.79 Å². The summed E-state index contributed by atoms with van der Waals surface area (Å²) in [5.41, 5.74) is 0.538. The average Bonchev–Trinajstić information content (AvgIpc) is 2.27. The summed E-state index contributed by atoms with van der Waals surface area (Å²) in [7, 11) is 0. The Labute approximate surface area is 84.9 Å². The van der Waals surface area contributed by atoms with Gasteiger partial charge in [0.2, 0.25) is 0 Å². The second kappa shape index (κ2) is 4.80. The first-order chi connectivity index (χ1) is 6.79. The summed E-state index contributed by atoms with van der Waals surface area (Å²) in [4.78, 5) is 10.4. The van der Waals surface area contributed by atoms with Crippen LogP contribution in [0, 0.1) is 0 Å². The van der Waals surface area contributed by atoms with Crippen LogP contribution < -0.4 is 0 Å². The molecule has 0 atom stereocenters. The molecule has 0 aliphatic rings. The molecule has 0 aliphatic carbocycles. The minimum Gasteiger partial charge on any atom is -0.446 e. The van der Waals surface area contributed by atoms with Crippen molar-refractivity contribution >= 4 is 6.47 Å². The standard InChI is InChI=1S/C12H15O2/c1-3-12(4-2,14-10-13)11-8-6-5-7-9-11/h5-9H,3-4H2,1-2H3. The first kappa shape index (κ1) is 10.8. The molecule has 2 heteroatoms. The maximum atomic E-state index is 10.4. The fourth-order valence-corrected chi connectivity index (χ4v) is 1.68. The van der Waals surface area contributed by atoms with Crippen LogP contribution in [0.1, 0.15) is 32.3 Å². The van der Waals surface area contributed by atoms with E-state index in [1.807, 2.05) is 44.2 Å². The summed E-state index contributed by atoms with van der Waals surface area (Å²) in [6.45, 7) is 5.57. The molecule has 1 rings (SSSR count). The lowest BCUT2D eigenvalue weighted by molar-refractivity contribution is 0.0396. The van der Waals surface area contributed by atoms with Crippen molar-refractivity contribution in [2.75, 3.05) is 0 Å². The lowest BCUT2D eigenvalue weighted by Gasteiger charge is -2.29. The zero-order valence-electron chi connectivity index (χ0n) is 8.62. The molecule has 0 saturated heterocycles. The van der Waals surface area contributed by atoms with Crippen molar-refractivity contribution in [1.82, 2.24) is 0 Å². The second-order valence-electron chi connectivity index (χ2n) is 3.25. The van der Waals surface area contributed by atoms with E-state index in [-0.39, 0.29) is 0 Å². The van der Waals surface area contributed by atoms with Gasteiger partial charge >= 0.3 is 6.47 Å². The lowest BCUT2D eigenvalue weighted by Crippen LogP contribution is -2.27. The molecular formula is C12H15O2. The van der Waals surface area contributed by atoms with E-state index in [0.29, 0.717) is 0 Å². The number of rotatable bonds is 5. The van der Waals surface area contributed by atoms with E-state index >= 15 is 0 Å². The molecule has 0 heterocycles. The second-order valence-corrected chi connectivity index (χ2v) is 3.25. The summed E-state index contributed by atoms with van der Waals surface area (Å²) in [6.07, 6.45) is 1.53. The molecule has 0 fully saturated rings. The normalized spacial score (nSPS) is 11.0. The molecule has 1 aromatic rings. The molecule has 0 N–H and O–H groups in total. The van der Waals surface area contributed by atoms with Gasteiger partial charge in [-0.2, -0.15) is 0 Å². The minimum absolute atomic E-state index is 0.497. The maximum Gasteiger partial charge on any atom is 0.418 e. The third kappa shape index (κ3) is 1.95. The summed E-state index contributed by atoms with van der Waals surface area (Å²) in [5.74, 6) is 0. The Hall–Kier alpha value is -1.31.